The van der Waals surface area contributed by atoms with Crippen LogP contribution in [-0.2, 0) is 25.6 Å². The van der Waals surface area contributed by atoms with Crippen molar-refractivity contribution in [1.82, 2.24) is 9.80 Å². The number of ether oxygens (including phenoxy) is 1. The molecular weight excluding hydrogens is 388 g/mol. The number of carbonyl (C=O) groups is 4. The lowest BCUT2D eigenvalue weighted by Gasteiger charge is -2.33. The molecule has 0 fully saturated rings. The summed E-state index contributed by atoms with van der Waals surface area (Å²) in [4.78, 5) is 46.9. The molecule has 11 nitrogen and oxygen atoms in total. The zero-order valence-electron chi connectivity index (χ0n) is 15.9. The lowest BCUT2D eigenvalue weighted by molar-refractivity contribution is -0.146. The van der Waals surface area contributed by atoms with Crippen molar-refractivity contribution in [3.05, 3.63) is 29.8 Å². The van der Waals surface area contributed by atoms with Crippen molar-refractivity contribution in [2.45, 2.75) is 12.5 Å². The van der Waals surface area contributed by atoms with Crippen LogP contribution < -0.4 is 4.74 Å². The zero-order valence-corrected chi connectivity index (χ0v) is 15.9. The summed E-state index contributed by atoms with van der Waals surface area (Å²) in [6.07, 6.45) is 0.181. The average molecular weight is 412 g/mol. The quantitative estimate of drug-likeness (QED) is 0.313. The van der Waals surface area contributed by atoms with Gasteiger partial charge >= 0.3 is 23.9 Å². The molecule has 0 saturated carbocycles. The van der Waals surface area contributed by atoms with Crippen molar-refractivity contribution >= 4 is 23.9 Å². The summed E-state index contributed by atoms with van der Waals surface area (Å²) in [5.74, 6) is -4.42. The first kappa shape index (κ1) is 23.9. The molecule has 1 atom stereocenters. The highest BCUT2D eigenvalue weighted by molar-refractivity contribution is 5.73. The second-order valence-corrected chi connectivity index (χ2v) is 6.36. The summed E-state index contributed by atoms with van der Waals surface area (Å²) in [6.45, 7) is -2.51. The van der Waals surface area contributed by atoms with Crippen molar-refractivity contribution in [3.8, 4) is 5.75 Å². The molecule has 160 valence electrons. The largest absolute Gasteiger partial charge is 0.497 e. The van der Waals surface area contributed by atoms with E-state index in [4.69, 9.17) is 25.2 Å². The third-order valence-corrected chi connectivity index (χ3v) is 4.01. The number of methoxy groups -OCH3 is 1. The molecular formula is C18H24N2O9. The van der Waals surface area contributed by atoms with Gasteiger partial charge in [0.2, 0.25) is 0 Å². The number of rotatable bonds is 14. The molecule has 0 heterocycles. The Bertz CT molecular complexity index is 689. The van der Waals surface area contributed by atoms with Gasteiger partial charge in [0.05, 0.1) is 33.3 Å². The predicted octanol–water partition coefficient (Wildman–Crippen LogP) is -0.451. The molecule has 1 aromatic rings. The van der Waals surface area contributed by atoms with Gasteiger partial charge in [0.25, 0.3) is 0 Å². The number of nitrogens with zero attached hydrogens (tertiary/aromatic N) is 2. The van der Waals surface area contributed by atoms with E-state index in [1.807, 2.05) is 0 Å². The molecule has 1 rings (SSSR count). The maximum absolute atomic E-state index is 11.2. The van der Waals surface area contributed by atoms with Gasteiger partial charge in [-0.05, 0) is 24.1 Å². The van der Waals surface area contributed by atoms with Gasteiger partial charge in [0.1, 0.15) is 5.75 Å². The van der Waals surface area contributed by atoms with Gasteiger partial charge in [-0.3, -0.25) is 29.0 Å². The van der Waals surface area contributed by atoms with E-state index in [2.05, 4.69) is 0 Å². The van der Waals surface area contributed by atoms with Crippen LogP contribution in [0, 0.1) is 0 Å². The molecule has 0 aliphatic heterocycles. The minimum atomic E-state index is -1.26. The fourth-order valence-corrected chi connectivity index (χ4v) is 2.87. The van der Waals surface area contributed by atoms with Crippen molar-refractivity contribution < 1.29 is 44.3 Å². The second kappa shape index (κ2) is 11.6. The molecule has 0 bridgehead atoms. The minimum absolute atomic E-state index is 0.148. The van der Waals surface area contributed by atoms with Crippen molar-refractivity contribution in [3.63, 3.8) is 0 Å². The molecule has 0 saturated heterocycles. The Morgan fingerprint density at radius 3 is 1.66 bits per heavy atom. The summed E-state index contributed by atoms with van der Waals surface area (Å²) < 4.78 is 5.07. The topological polar surface area (TPSA) is 165 Å². The Balaban J connectivity index is 3.16. The van der Waals surface area contributed by atoms with Gasteiger partial charge in [-0.1, -0.05) is 12.1 Å². The second-order valence-electron chi connectivity index (χ2n) is 6.36. The molecule has 0 aliphatic carbocycles. The fourth-order valence-electron chi connectivity index (χ4n) is 2.87. The summed E-state index contributed by atoms with van der Waals surface area (Å²) in [7, 11) is 1.49. The summed E-state index contributed by atoms with van der Waals surface area (Å²) >= 11 is 0. The maximum atomic E-state index is 11.2. The van der Waals surface area contributed by atoms with Crippen LogP contribution in [0.5, 0.6) is 5.75 Å². The fraction of sp³-hybridized carbons (Fsp3) is 0.444. The number of carboxylic acid groups (broad SMARTS) is 4. The Labute approximate surface area is 166 Å². The first-order chi connectivity index (χ1) is 13.6. The van der Waals surface area contributed by atoms with E-state index in [0.29, 0.717) is 5.75 Å². The van der Waals surface area contributed by atoms with Crippen molar-refractivity contribution in [1.29, 1.82) is 0 Å². The number of aliphatic carboxylic acids is 4. The highest BCUT2D eigenvalue weighted by Gasteiger charge is 2.27. The Morgan fingerprint density at radius 2 is 1.28 bits per heavy atom. The number of carboxylic acids is 4. The average Bonchev–Trinajstić information content (AvgIpc) is 2.59. The van der Waals surface area contributed by atoms with E-state index >= 15 is 0 Å². The summed E-state index contributed by atoms with van der Waals surface area (Å²) in [6, 6.07) is 6.03. The first-order valence-electron chi connectivity index (χ1n) is 8.57. The molecule has 0 spiro atoms. The van der Waals surface area contributed by atoms with E-state index in [1.54, 1.807) is 24.3 Å². The monoisotopic (exact) mass is 412 g/mol. The van der Waals surface area contributed by atoms with E-state index in [0.717, 1.165) is 10.5 Å². The molecule has 4 N–H and O–H groups in total. The maximum Gasteiger partial charge on any atom is 0.317 e. The van der Waals surface area contributed by atoms with E-state index in [1.165, 1.54) is 12.0 Å². The van der Waals surface area contributed by atoms with Crippen molar-refractivity contribution in [2.75, 3.05) is 39.8 Å². The van der Waals surface area contributed by atoms with Gasteiger partial charge in [-0.2, -0.15) is 0 Å². The third kappa shape index (κ3) is 9.53. The van der Waals surface area contributed by atoms with Crippen LogP contribution in [-0.4, -0.2) is 100.0 Å². The van der Waals surface area contributed by atoms with Crippen LogP contribution in [0.2, 0.25) is 0 Å². The molecule has 1 aromatic carbocycles. The SMILES string of the molecule is COc1ccc(CC(CN(CC(=O)O)CC(=O)O)N(CC(=O)O)CC(=O)O)cc1. The van der Waals surface area contributed by atoms with Gasteiger partial charge < -0.3 is 25.2 Å². The molecule has 29 heavy (non-hydrogen) atoms. The lowest BCUT2D eigenvalue weighted by Crippen LogP contribution is -2.50. The van der Waals surface area contributed by atoms with Crippen LogP contribution in [0.3, 0.4) is 0 Å². The van der Waals surface area contributed by atoms with Crippen LogP contribution in [0.4, 0.5) is 0 Å². The van der Waals surface area contributed by atoms with Crippen LogP contribution in [0.15, 0.2) is 24.3 Å². The predicted molar refractivity (Wildman–Crippen MR) is 99.0 cm³/mol. The van der Waals surface area contributed by atoms with Gasteiger partial charge in [-0.15, -0.1) is 0 Å². The minimum Gasteiger partial charge on any atom is -0.497 e. The molecule has 0 amide bonds. The van der Waals surface area contributed by atoms with Gasteiger partial charge in [0.15, 0.2) is 0 Å². The van der Waals surface area contributed by atoms with Crippen LogP contribution in [0.1, 0.15) is 5.56 Å². The number of benzene rings is 1. The zero-order chi connectivity index (χ0) is 22.0. The molecule has 0 aliphatic rings. The molecule has 1 unspecified atom stereocenters. The number of hydrogen-bond acceptors (Lipinski definition) is 7. The first-order valence-corrected chi connectivity index (χ1v) is 8.57. The third-order valence-electron chi connectivity index (χ3n) is 4.01. The van der Waals surface area contributed by atoms with Crippen LogP contribution in [0.25, 0.3) is 0 Å². The summed E-state index contributed by atoms with van der Waals surface area (Å²) in [5, 5.41) is 36.4. The van der Waals surface area contributed by atoms with Crippen molar-refractivity contribution in [2.24, 2.45) is 0 Å². The van der Waals surface area contributed by atoms with Gasteiger partial charge in [-0.25, -0.2) is 0 Å². The standard InChI is InChI=1S/C18H24N2O9/c1-29-14-4-2-12(3-5-14)6-13(20(10-17(25)26)11-18(27)28)7-19(8-15(21)22)9-16(23)24/h2-5,13H,6-11H2,1H3,(H,21,22)(H,23,24)(H,25,26)(H,27,28). The Kier molecular flexibility index (Phi) is 9.56. The van der Waals surface area contributed by atoms with E-state index in [9.17, 15) is 19.2 Å². The molecule has 0 radical (unpaired) electrons. The highest BCUT2D eigenvalue weighted by Crippen LogP contribution is 2.16. The number of hydrogen-bond donors (Lipinski definition) is 4. The Hall–Kier alpha value is -3.18. The highest BCUT2D eigenvalue weighted by atomic mass is 16.5. The molecule has 0 aromatic heterocycles. The van der Waals surface area contributed by atoms with E-state index in [-0.39, 0.29) is 13.0 Å². The summed E-state index contributed by atoms with van der Waals surface area (Å²) in [5.41, 5.74) is 0.724. The smallest absolute Gasteiger partial charge is 0.317 e. The Morgan fingerprint density at radius 1 is 0.828 bits per heavy atom. The lowest BCUT2D eigenvalue weighted by atomic mass is 10.0. The normalized spacial score (nSPS) is 12.0. The van der Waals surface area contributed by atoms with E-state index < -0.39 is 56.1 Å². The van der Waals surface area contributed by atoms with Crippen LogP contribution >= 0.6 is 0 Å². The molecule has 11 heteroatoms. The van der Waals surface area contributed by atoms with Gasteiger partial charge in [0, 0.05) is 12.6 Å².